The predicted octanol–water partition coefficient (Wildman–Crippen LogP) is 8.02. The maximum absolute atomic E-state index is 15.1. The summed E-state index contributed by atoms with van der Waals surface area (Å²) in [4.78, 5) is 0. The van der Waals surface area contributed by atoms with Crippen LogP contribution in [-0.2, 0) is 0 Å². The molecule has 3 aliphatic carbocycles. The van der Waals surface area contributed by atoms with Crippen LogP contribution < -0.4 is 0 Å². The first-order chi connectivity index (χ1) is 13.0. The molecule has 0 aliphatic heterocycles. The molecule has 0 heterocycles. The van der Waals surface area contributed by atoms with Gasteiger partial charge in [-0.15, -0.1) is 0 Å². The van der Waals surface area contributed by atoms with Crippen LogP contribution in [0.5, 0.6) is 0 Å². The van der Waals surface area contributed by atoms with Gasteiger partial charge in [-0.25, -0.2) is 8.78 Å². The molecule has 5 heteroatoms. The fourth-order valence-electron chi connectivity index (χ4n) is 5.48. The van der Waals surface area contributed by atoms with E-state index in [-0.39, 0.29) is 5.92 Å². The van der Waals surface area contributed by atoms with Crippen molar-refractivity contribution in [1.29, 1.82) is 0 Å². The zero-order valence-electron chi connectivity index (χ0n) is 17.0. The third-order valence-corrected chi connectivity index (χ3v) is 7.23. The normalized spacial score (nSPS) is 39.3. The van der Waals surface area contributed by atoms with Crippen molar-refractivity contribution in [3.63, 3.8) is 0 Å². The van der Waals surface area contributed by atoms with Crippen LogP contribution in [0.3, 0.4) is 0 Å². The first-order valence-electron chi connectivity index (χ1n) is 10.6. The minimum Gasteiger partial charge on any atom is -0.234 e. The zero-order valence-corrected chi connectivity index (χ0v) is 17.0. The molecule has 1 atom stereocenters. The number of hydrogen-bond acceptors (Lipinski definition) is 0. The first-order valence-corrected chi connectivity index (χ1v) is 10.6. The van der Waals surface area contributed by atoms with Crippen molar-refractivity contribution in [2.75, 3.05) is 0 Å². The summed E-state index contributed by atoms with van der Waals surface area (Å²) in [5.41, 5.74) is -3.99. The van der Waals surface area contributed by atoms with Gasteiger partial charge >= 0.3 is 6.18 Å². The monoisotopic (exact) mass is 402 g/mol. The van der Waals surface area contributed by atoms with Gasteiger partial charge in [0.2, 0.25) is 0 Å². The molecule has 3 rings (SSSR count). The molecule has 0 amide bonds. The van der Waals surface area contributed by atoms with Gasteiger partial charge in [0.05, 0.1) is 0 Å². The van der Waals surface area contributed by atoms with Crippen molar-refractivity contribution in [3.05, 3.63) is 34.7 Å². The van der Waals surface area contributed by atoms with Gasteiger partial charge < -0.3 is 0 Å². The lowest BCUT2D eigenvalue weighted by molar-refractivity contribution is -0.0931. The summed E-state index contributed by atoms with van der Waals surface area (Å²) in [5, 5.41) is 0. The largest absolute Gasteiger partial charge is 0.412 e. The molecule has 0 spiro atoms. The minimum absolute atomic E-state index is 0.0346. The van der Waals surface area contributed by atoms with Crippen molar-refractivity contribution in [2.45, 2.75) is 84.0 Å². The van der Waals surface area contributed by atoms with Crippen molar-refractivity contribution in [1.82, 2.24) is 0 Å². The summed E-state index contributed by atoms with van der Waals surface area (Å²) in [7, 11) is 0. The van der Waals surface area contributed by atoms with E-state index in [9.17, 15) is 17.6 Å². The Bertz CT molecular complexity index is 664. The molecule has 28 heavy (non-hydrogen) atoms. The van der Waals surface area contributed by atoms with E-state index in [4.69, 9.17) is 0 Å². The third-order valence-electron chi connectivity index (χ3n) is 7.23. The SMILES string of the molecule is CC(=C1C(F)=CC(C2CCC(C3CCC(C)CC3)CC2)=CC1(C)F)C(F)(F)F. The summed E-state index contributed by atoms with van der Waals surface area (Å²) in [6, 6.07) is 0. The number of allylic oxidation sites excluding steroid dienone is 6. The molecule has 0 nitrogen and oxygen atoms in total. The van der Waals surface area contributed by atoms with Gasteiger partial charge in [-0.2, -0.15) is 13.2 Å². The fourth-order valence-corrected chi connectivity index (χ4v) is 5.48. The Kier molecular flexibility index (Phi) is 6.12. The summed E-state index contributed by atoms with van der Waals surface area (Å²) in [6.45, 7) is 4.08. The van der Waals surface area contributed by atoms with Crippen molar-refractivity contribution >= 4 is 0 Å². The lowest BCUT2D eigenvalue weighted by atomic mass is 9.67. The molecule has 0 radical (unpaired) electrons. The fraction of sp³-hybridized carbons (Fsp3) is 0.739. The highest BCUT2D eigenvalue weighted by molar-refractivity contribution is 5.51. The van der Waals surface area contributed by atoms with Crippen LogP contribution in [0.4, 0.5) is 22.0 Å². The lowest BCUT2D eigenvalue weighted by Crippen LogP contribution is -2.30. The molecule has 3 aliphatic rings. The maximum Gasteiger partial charge on any atom is 0.412 e. The molecule has 2 saturated carbocycles. The molecule has 0 bridgehead atoms. The number of halogens is 5. The maximum atomic E-state index is 15.1. The molecule has 0 aromatic rings. The second-order valence-corrected chi connectivity index (χ2v) is 9.34. The van der Waals surface area contributed by atoms with Crippen LogP contribution in [0.1, 0.15) is 72.1 Å². The minimum atomic E-state index is -4.74. The van der Waals surface area contributed by atoms with Crippen molar-refractivity contribution in [2.24, 2.45) is 23.7 Å². The summed E-state index contributed by atoms with van der Waals surface area (Å²) < 4.78 is 68.6. The Morgan fingerprint density at radius 1 is 0.964 bits per heavy atom. The number of rotatable bonds is 2. The van der Waals surface area contributed by atoms with E-state index in [0.717, 1.165) is 57.4 Å². The van der Waals surface area contributed by atoms with Gasteiger partial charge in [0, 0.05) is 11.1 Å². The topological polar surface area (TPSA) is 0 Å². The van der Waals surface area contributed by atoms with Gasteiger partial charge in [0.15, 0.2) is 5.67 Å². The van der Waals surface area contributed by atoms with Gasteiger partial charge in [0.1, 0.15) is 5.83 Å². The van der Waals surface area contributed by atoms with Crippen LogP contribution in [0.15, 0.2) is 34.7 Å². The summed E-state index contributed by atoms with van der Waals surface area (Å²) in [5.74, 6) is 1.22. The lowest BCUT2D eigenvalue weighted by Gasteiger charge is -2.38. The molecular weight excluding hydrogens is 371 g/mol. The highest BCUT2D eigenvalue weighted by atomic mass is 19.4. The molecule has 0 aromatic heterocycles. The Morgan fingerprint density at radius 2 is 1.46 bits per heavy atom. The Balaban J connectivity index is 1.70. The van der Waals surface area contributed by atoms with E-state index in [1.807, 2.05) is 0 Å². The van der Waals surface area contributed by atoms with Gasteiger partial charge in [0.25, 0.3) is 0 Å². The summed E-state index contributed by atoms with van der Waals surface area (Å²) in [6.07, 6.45) is 6.56. The Hall–Kier alpha value is -1.13. The van der Waals surface area contributed by atoms with Crippen LogP contribution >= 0.6 is 0 Å². The van der Waals surface area contributed by atoms with Crippen molar-refractivity contribution < 1.29 is 22.0 Å². The third kappa shape index (κ3) is 4.54. The second-order valence-electron chi connectivity index (χ2n) is 9.34. The predicted molar refractivity (Wildman–Crippen MR) is 102 cm³/mol. The number of hydrogen-bond donors (Lipinski definition) is 0. The van der Waals surface area contributed by atoms with E-state index in [2.05, 4.69) is 6.92 Å². The highest BCUT2D eigenvalue weighted by Gasteiger charge is 2.43. The van der Waals surface area contributed by atoms with Crippen LogP contribution in [0, 0.1) is 23.7 Å². The standard InChI is InChI=1S/C23H31F5/c1-14-4-6-16(7-5-14)17-8-10-18(11-9-17)19-12-20(24)21(22(3,25)13-19)15(2)23(26,27)28/h12-14,16-18H,4-11H2,1-3H3. The zero-order chi connectivity index (χ0) is 20.7. The molecule has 0 aromatic carbocycles. The molecule has 0 N–H and O–H groups in total. The van der Waals surface area contributed by atoms with Gasteiger partial charge in [-0.1, -0.05) is 19.8 Å². The van der Waals surface area contributed by atoms with Crippen molar-refractivity contribution in [3.8, 4) is 0 Å². The van der Waals surface area contributed by atoms with E-state index in [0.29, 0.717) is 11.5 Å². The Morgan fingerprint density at radius 3 is 1.93 bits per heavy atom. The second kappa shape index (κ2) is 7.95. The highest BCUT2D eigenvalue weighted by Crippen LogP contribution is 2.47. The van der Waals surface area contributed by atoms with Gasteiger partial charge in [-0.3, -0.25) is 0 Å². The molecular formula is C23H31F5. The average molecular weight is 402 g/mol. The smallest absolute Gasteiger partial charge is 0.234 e. The summed E-state index contributed by atoms with van der Waals surface area (Å²) >= 11 is 0. The Labute approximate surface area is 165 Å². The van der Waals surface area contributed by atoms with E-state index in [1.165, 1.54) is 31.8 Å². The average Bonchev–Trinajstić information content (AvgIpc) is 2.60. The molecule has 1 unspecified atom stereocenters. The molecule has 0 saturated heterocycles. The van der Waals surface area contributed by atoms with Crippen LogP contribution in [-0.4, -0.2) is 11.8 Å². The van der Waals surface area contributed by atoms with E-state index < -0.39 is 28.8 Å². The first kappa shape index (κ1) is 21.6. The van der Waals surface area contributed by atoms with E-state index >= 15 is 4.39 Å². The quantitative estimate of drug-likeness (QED) is 0.410. The van der Waals surface area contributed by atoms with Gasteiger partial charge in [-0.05, 0) is 93.8 Å². The molecule has 158 valence electrons. The number of alkyl halides is 4. The van der Waals surface area contributed by atoms with Crippen LogP contribution in [0.2, 0.25) is 0 Å². The molecule has 2 fully saturated rings. The van der Waals surface area contributed by atoms with Crippen LogP contribution in [0.25, 0.3) is 0 Å². The van der Waals surface area contributed by atoms with E-state index in [1.54, 1.807) is 0 Å².